The van der Waals surface area contributed by atoms with Crippen LogP contribution in [-0.4, -0.2) is 95.1 Å². The van der Waals surface area contributed by atoms with Gasteiger partial charge in [-0.05, 0) is 141 Å². The molecule has 3 aliphatic heterocycles. The number of amides is 1. The molecule has 3 fully saturated rings. The van der Waals surface area contributed by atoms with Crippen molar-refractivity contribution in [3.05, 3.63) is 85.7 Å². The quantitative estimate of drug-likeness (QED) is 0.173. The molecule has 0 radical (unpaired) electrons. The number of rotatable bonds is 6. The van der Waals surface area contributed by atoms with E-state index in [-0.39, 0.29) is 233 Å². The number of aromatic nitrogens is 5. The number of para-hydroxylation sites is 2. The van der Waals surface area contributed by atoms with Crippen LogP contribution in [0.15, 0.2) is 61.4 Å². The standard InChI is InChI=1S/C10H12N2.C9H15N.C8H16N.C7H14N.C6H10N2.C6H11NO.4Rb/c1-8(2)12-7-11-9-5-3-4-6-10(9)12;1-7(2)10-8(3)5-6-9(10)4;1-8(2)9-6-4-3-5-7-9;1-7(2)8-5-3-4-6-8;1-6(2)8-4-3-7-5-8;1-5(2)7-4-3-6(7)8;;;;/h3-8H,1-2H3;5-7H,1-4H3;3,8H,4-7H2,1-2H3;3,7H,4-6H2,1-2H3;3-6H,1-2H3;5H,3-4H2,1-2H3;;;;/q;;2*-1;;;4*+1. The van der Waals surface area contributed by atoms with E-state index in [9.17, 15) is 4.79 Å². The van der Waals surface area contributed by atoms with Crippen molar-refractivity contribution < 1.29 is 238 Å². The van der Waals surface area contributed by atoms with Crippen molar-refractivity contribution in [3.8, 4) is 0 Å². The van der Waals surface area contributed by atoms with Gasteiger partial charge in [-0.15, -0.1) is 6.54 Å². The number of carbonyl (C=O) groups is 1. The van der Waals surface area contributed by atoms with Crippen LogP contribution in [-0.2, 0) is 4.79 Å². The Morgan fingerprint density at radius 1 is 0.593 bits per heavy atom. The van der Waals surface area contributed by atoms with Crippen molar-refractivity contribution in [2.75, 3.05) is 32.7 Å². The first-order valence-corrected chi connectivity index (χ1v) is 21.0. The van der Waals surface area contributed by atoms with Crippen molar-refractivity contribution in [1.82, 2.24) is 38.4 Å². The molecule has 4 aromatic rings. The molecule has 0 atom stereocenters. The Bertz CT molecular complexity index is 1570. The molecule has 9 nitrogen and oxygen atoms in total. The number of hydrogen-bond donors (Lipinski definition) is 0. The summed E-state index contributed by atoms with van der Waals surface area (Å²) in [5.74, 6) is 0.306. The first kappa shape index (κ1) is 67.1. The van der Waals surface area contributed by atoms with Gasteiger partial charge in [0.05, 0.1) is 23.7 Å². The van der Waals surface area contributed by atoms with Crippen molar-refractivity contribution in [2.24, 2.45) is 0 Å². The zero-order valence-electron chi connectivity index (χ0n) is 41.2. The molecule has 3 saturated heterocycles. The van der Waals surface area contributed by atoms with Gasteiger partial charge in [-0.1, -0.05) is 12.1 Å². The van der Waals surface area contributed by atoms with E-state index in [2.05, 4.69) is 148 Å². The summed E-state index contributed by atoms with van der Waals surface area (Å²) in [6.07, 6.45) is 16.8. The number of piperidine rings is 1. The molecule has 59 heavy (non-hydrogen) atoms. The number of benzene rings is 1. The summed E-state index contributed by atoms with van der Waals surface area (Å²) >= 11 is 0. The minimum atomic E-state index is 0. The normalized spacial score (nSPS) is 14.8. The van der Waals surface area contributed by atoms with Crippen LogP contribution in [0, 0.1) is 26.7 Å². The molecular formula is C46H78N8ORb4+2. The number of likely N-dealkylation sites (tertiary alicyclic amines) is 3. The first-order valence-electron chi connectivity index (χ1n) is 21.0. The van der Waals surface area contributed by atoms with Gasteiger partial charge in [0.2, 0.25) is 5.91 Å². The predicted octanol–water partition coefficient (Wildman–Crippen LogP) is -1.59. The summed E-state index contributed by atoms with van der Waals surface area (Å²) < 4.78 is 6.56. The fourth-order valence-electron chi connectivity index (χ4n) is 6.70. The van der Waals surface area contributed by atoms with E-state index in [1.54, 1.807) is 6.20 Å². The molecule has 0 aliphatic carbocycles. The van der Waals surface area contributed by atoms with Crippen molar-refractivity contribution in [3.63, 3.8) is 0 Å². The minimum Gasteiger partial charge on any atom is -0.347 e. The van der Waals surface area contributed by atoms with Crippen LogP contribution >= 0.6 is 0 Å². The number of fused-ring (bicyclic) bond motifs is 1. The van der Waals surface area contributed by atoms with Crippen molar-refractivity contribution in [2.45, 2.75) is 159 Å². The van der Waals surface area contributed by atoms with Crippen LogP contribution in [0.5, 0.6) is 0 Å². The average molecular weight is 1100 g/mol. The molecule has 13 heteroatoms. The molecular weight excluding hydrogens is 1020 g/mol. The van der Waals surface area contributed by atoms with E-state index < -0.39 is 0 Å². The Morgan fingerprint density at radius 3 is 1.44 bits per heavy atom. The number of hydrogen-bond acceptors (Lipinski definition) is 5. The maximum Gasteiger partial charge on any atom is 1.00 e. The summed E-state index contributed by atoms with van der Waals surface area (Å²) in [7, 11) is 0. The van der Waals surface area contributed by atoms with Gasteiger partial charge in [0.1, 0.15) is 0 Å². The average Bonchev–Trinajstić information content (AvgIpc) is 3.97. The van der Waals surface area contributed by atoms with Gasteiger partial charge in [-0.2, -0.15) is 19.3 Å². The molecule has 0 unspecified atom stereocenters. The topological polar surface area (TPSA) is 67.4 Å². The maximum atomic E-state index is 10.6. The Labute approximate surface area is 557 Å². The second-order valence-electron chi connectivity index (χ2n) is 16.5. The van der Waals surface area contributed by atoms with Crippen LogP contribution in [0.4, 0.5) is 0 Å². The summed E-state index contributed by atoms with van der Waals surface area (Å²) in [5, 5.41) is 0. The first-order chi connectivity index (χ1) is 26.0. The number of nitrogens with zero attached hydrogens (tertiary/aromatic N) is 8. The van der Waals surface area contributed by atoms with E-state index in [1.165, 1.54) is 62.3 Å². The van der Waals surface area contributed by atoms with Crippen LogP contribution in [0.1, 0.15) is 138 Å². The van der Waals surface area contributed by atoms with Gasteiger partial charge in [0.25, 0.3) is 0 Å². The number of imidazole rings is 2. The zero-order valence-corrected chi connectivity index (χ0v) is 60.9. The van der Waals surface area contributed by atoms with Crippen molar-refractivity contribution >= 4 is 16.9 Å². The van der Waals surface area contributed by atoms with Gasteiger partial charge in [-0.25, -0.2) is 9.97 Å². The Hall–Kier alpha value is 3.79. The van der Waals surface area contributed by atoms with Crippen LogP contribution in [0.2, 0.25) is 0 Å². The third-order valence-electron chi connectivity index (χ3n) is 10.2. The van der Waals surface area contributed by atoms with E-state index in [4.69, 9.17) is 0 Å². The minimum absolute atomic E-state index is 0. The zero-order chi connectivity index (χ0) is 41.1. The summed E-state index contributed by atoms with van der Waals surface area (Å²) in [6.45, 7) is 36.4. The summed E-state index contributed by atoms with van der Waals surface area (Å²) in [4.78, 5) is 25.7. The molecule has 3 aromatic heterocycles. The predicted molar refractivity (Wildman–Crippen MR) is 234 cm³/mol. The van der Waals surface area contributed by atoms with E-state index in [1.807, 2.05) is 55.8 Å². The van der Waals surface area contributed by atoms with Gasteiger partial charge in [-0.3, -0.25) is 4.79 Å². The van der Waals surface area contributed by atoms with Crippen LogP contribution in [0.25, 0.3) is 11.0 Å². The third kappa shape index (κ3) is 26.2. The molecule has 0 N–H and O–H groups in total. The molecule has 1 amide bonds. The molecule has 3 aliphatic rings. The van der Waals surface area contributed by atoms with Gasteiger partial charge >= 0.3 is 233 Å². The largest absolute Gasteiger partial charge is 1.00 e. The Balaban J connectivity index is -0.000000634. The Morgan fingerprint density at radius 2 is 1.14 bits per heavy atom. The summed E-state index contributed by atoms with van der Waals surface area (Å²) in [5.41, 5.74) is 5.00. The van der Waals surface area contributed by atoms with Gasteiger partial charge in [0.15, 0.2) is 0 Å². The number of β-lactam (4-membered cyclic amide) rings is 1. The molecule has 0 saturated carbocycles. The van der Waals surface area contributed by atoms with Crippen LogP contribution in [0.3, 0.4) is 0 Å². The second kappa shape index (κ2) is 37.7. The second-order valence-corrected chi connectivity index (χ2v) is 16.5. The van der Waals surface area contributed by atoms with Gasteiger partial charge in [0, 0.05) is 73.0 Å². The molecule has 310 valence electrons. The maximum absolute atomic E-state index is 10.6. The molecule has 1 aromatic carbocycles. The fraction of sp³-hybridized carbons (Fsp3) is 0.630. The third-order valence-corrected chi connectivity index (χ3v) is 10.2. The van der Waals surface area contributed by atoms with Crippen LogP contribution < -0.4 is 233 Å². The van der Waals surface area contributed by atoms with E-state index in [0.29, 0.717) is 30.1 Å². The van der Waals surface area contributed by atoms with Crippen molar-refractivity contribution in [1.29, 1.82) is 0 Å². The molecule has 0 spiro atoms. The molecule has 0 bridgehead atoms. The van der Waals surface area contributed by atoms with E-state index >= 15 is 0 Å². The molecule has 6 heterocycles. The Kier molecular flexibility index (Phi) is 42.9. The fourth-order valence-corrected chi connectivity index (χ4v) is 6.70. The monoisotopic (exact) mass is 1100 g/mol. The SMILES string of the molecule is CC(C)N1CCC1=O.CC(C)N1CC[CH-]CC1.CC(C)N1C[CH-]CC1.CC(C)n1ccnc1.CC(C)n1cnc2ccccc21.Cc1ccc(C)n1C(C)C.[Rb+].[Rb+].[Rb+].[Rb+]. The summed E-state index contributed by atoms with van der Waals surface area (Å²) in [6, 6.07) is 16.0. The number of carbonyl (C=O) groups excluding carboxylic acids is 1. The van der Waals surface area contributed by atoms with E-state index in [0.717, 1.165) is 30.6 Å². The van der Waals surface area contributed by atoms with Gasteiger partial charge < -0.3 is 41.2 Å². The molecule has 7 rings (SSSR count). The smallest absolute Gasteiger partial charge is 0.347 e. The number of aryl methyl sites for hydroxylation is 2.